The lowest BCUT2D eigenvalue weighted by Crippen LogP contribution is -2.40. The number of hydrogen-bond donors (Lipinski definition) is 0. The molecular formula is C23H24FN3OS. The van der Waals surface area contributed by atoms with E-state index in [9.17, 15) is 9.18 Å². The van der Waals surface area contributed by atoms with Crippen LogP contribution in [0.3, 0.4) is 0 Å². The molecule has 0 radical (unpaired) electrons. The van der Waals surface area contributed by atoms with E-state index in [4.69, 9.17) is 0 Å². The molecule has 6 heteroatoms. The molecule has 150 valence electrons. The molecule has 0 spiro atoms. The van der Waals surface area contributed by atoms with E-state index in [2.05, 4.69) is 9.97 Å². The summed E-state index contributed by atoms with van der Waals surface area (Å²) in [6.07, 6.45) is 6.85. The summed E-state index contributed by atoms with van der Waals surface area (Å²) in [6.45, 7) is 2.52. The quantitative estimate of drug-likeness (QED) is 0.556. The maximum absolute atomic E-state index is 13.5. The Labute approximate surface area is 174 Å². The van der Waals surface area contributed by atoms with Crippen LogP contribution in [0.25, 0.3) is 10.7 Å². The Morgan fingerprint density at radius 3 is 2.62 bits per heavy atom. The van der Waals surface area contributed by atoms with E-state index >= 15 is 0 Å². The van der Waals surface area contributed by atoms with Crippen LogP contribution in [0.2, 0.25) is 0 Å². The van der Waals surface area contributed by atoms with Gasteiger partial charge in [0.15, 0.2) is 0 Å². The molecule has 0 saturated heterocycles. The molecule has 2 aromatic heterocycles. The fraction of sp³-hybridized carbons (Fsp3) is 0.348. The van der Waals surface area contributed by atoms with Crippen molar-refractivity contribution in [3.05, 3.63) is 70.6 Å². The highest BCUT2D eigenvalue weighted by atomic mass is 32.1. The second-order valence-electron chi connectivity index (χ2n) is 7.46. The minimum Gasteiger partial charge on any atom is -0.335 e. The van der Waals surface area contributed by atoms with Gasteiger partial charge in [-0.1, -0.05) is 31.0 Å². The zero-order chi connectivity index (χ0) is 20.2. The number of benzene rings is 1. The van der Waals surface area contributed by atoms with E-state index in [1.54, 1.807) is 18.3 Å². The number of carbonyl (C=O) groups excluding carboxylic acids is 1. The molecule has 1 aliphatic carbocycles. The summed E-state index contributed by atoms with van der Waals surface area (Å²) in [5, 5.41) is 0.774. The Balaban J connectivity index is 1.56. The van der Waals surface area contributed by atoms with Crippen molar-refractivity contribution in [2.75, 3.05) is 6.54 Å². The van der Waals surface area contributed by atoms with E-state index < -0.39 is 0 Å². The molecule has 29 heavy (non-hydrogen) atoms. The summed E-state index contributed by atoms with van der Waals surface area (Å²) in [4.78, 5) is 25.2. The lowest BCUT2D eigenvalue weighted by atomic mass is 10.1. The largest absolute Gasteiger partial charge is 0.335 e. The van der Waals surface area contributed by atoms with Crippen molar-refractivity contribution in [2.24, 2.45) is 0 Å². The minimum absolute atomic E-state index is 0.0520. The van der Waals surface area contributed by atoms with Gasteiger partial charge in [-0.25, -0.2) is 9.37 Å². The molecule has 0 atom stereocenters. The van der Waals surface area contributed by atoms with Gasteiger partial charge < -0.3 is 4.90 Å². The van der Waals surface area contributed by atoms with Gasteiger partial charge in [0, 0.05) is 18.8 Å². The Hall–Kier alpha value is -2.60. The average Bonchev–Trinajstić information content (AvgIpc) is 3.40. The highest BCUT2D eigenvalue weighted by molar-refractivity contribution is 7.17. The van der Waals surface area contributed by atoms with Crippen molar-refractivity contribution in [1.29, 1.82) is 0 Å². The molecule has 3 aromatic rings. The van der Waals surface area contributed by atoms with Gasteiger partial charge in [-0.05, 0) is 56.0 Å². The van der Waals surface area contributed by atoms with Crippen molar-refractivity contribution in [2.45, 2.75) is 45.1 Å². The summed E-state index contributed by atoms with van der Waals surface area (Å²) in [5.74, 6) is -0.184. The second-order valence-corrected chi connectivity index (χ2v) is 8.46. The minimum atomic E-state index is -0.236. The summed E-state index contributed by atoms with van der Waals surface area (Å²) in [7, 11) is 0. The van der Waals surface area contributed by atoms with Crippen molar-refractivity contribution >= 4 is 17.2 Å². The number of aryl methyl sites for hydroxylation is 1. The van der Waals surface area contributed by atoms with E-state index in [1.807, 2.05) is 30.0 Å². The Morgan fingerprint density at radius 2 is 1.93 bits per heavy atom. The number of carbonyl (C=O) groups is 1. The summed E-state index contributed by atoms with van der Waals surface area (Å²) in [5.41, 5.74) is 2.58. The van der Waals surface area contributed by atoms with Crippen LogP contribution in [0.5, 0.6) is 0 Å². The number of aromatic nitrogens is 2. The molecule has 0 aliphatic heterocycles. The Bertz CT molecular complexity index is 966. The number of pyridine rings is 1. The van der Waals surface area contributed by atoms with Crippen LogP contribution in [0.15, 0.2) is 48.7 Å². The van der Waals surface area contributed by atoms with Gasteiger partial charge in [-0.15, -0.1) is 11.3 Å². The molecule has 1 aliphatic rings. The predicted molar refractivity (Wildman–Crippen MR) is 113 cm³/mol. The van der Waals surface area contributed by atoms with E-state index in [1.165, 1.54) is 23.5 Å². The molecule has 1 saturated carbocycles. The van der Waals surface area contributed by atoms with Crippen LogP contribution in [-0.4, -0.2) is 33.4 Å². The maximum Gasteiger partial charge on any atom is 0.266 e. The van der Waals surface area contributed by atoms with Crippen LogP contribution < -0.4 is 0 Å². The number of thiazole rings is 1. The van der Waals surface area contributed by atoms with Crippen LogP contribution in [-0.2, 0) is 6.42 Å². The molecule has 0 unspecified atom stereocenters. The summed E-state index contributed by atoms with van der Waals surface area (Å²) in [6, 6.07) is 12.5. The van der Waals surface area contributed by atoms with Crippen molar-refractivity contribution in [3.8, 4) is 10.7 Å². The number of halogens is 1. The smallest absolute Gasteiger partial charge is 0.266 e. The number of amides is 1. The summed E-state index contributed by atoms with van der Waals surface area (Å²) >= 11 is 1.42. The van der Waals surface area contributed by atoms with E-state index in [0.717, 1.165) is 47.6 Å². The molecule has 1 fully saturated rings. The Kier molecular flexibility index (Phi) is 6.00. The fourth-order valence-corrected chi connectivity index (χ4v) is 4.89. The van der Waals surface area contributed by atoms with Crippen molar-refractivity contribution < 1.29 is 9.18 Å². The summed E-state index contributed by atoms with van der Waals surface area (Å²) < 4.78 is 13.2. The number of nitrogens with zero attached hydrogens (tertiary/aromatic N) is 3. The van der Waals surface area contributed by atoms with Crippen LogP contribution in [0.1, 0.15) is 46.6 Å². The third-order valence-electron chi connectivity index (χ3n) is 5.46. The standard InChI is InChI=1S/C23H24FN3OS/c1-16-21(29-22(26-16)20-8-4-5-14-25-20)23(28)27(19-6-2-3-7-19)15-13-17-9-11-18(24)12-10-17/h4-5,8-12,14,19H,2-3,6-7,13,15H2,1H3. The maximum atomic E-state index is 13.5. The van der Waals surface area contributed by atoms with Gasteiger partial charge in [-0.2, -0.15) is 0 Å². The van der Waals surface area contributed by atoms with Crippen LogP contribution in [0.4, 0.5) is 4.39 Å². The average molecular weight is 410 g/mol. The van der Waals surface area contributed by atoms with Gasteiger partial charge in [-0.3, -0.25) is 9.78 Å². The molecule has 0 bridgehead atoms. The zero-order valence-electron chi connectivity index (χ0n) is 16.5. The number of hydrogen-bond acceptors (Lipinski definition) is 4. The molecule has 1 amide bonds. The normalized spacial score (nSPS) is 14.3. The SMILES string of the molecule is Cc1nc(-c2ccccn2)sc1C(=O)N(CCc1ccc(F)cc1)C1CCCC1. The molecule has 1 aromatic carbocycles. The molecular weight excluding hydrogens is 385 g/mol. The van der Waals surface area contributed by atoms with E-state index in [0.29, 0.717) is 17.8 Å². The lowest BCUT2D eigenvalue weighted by molar-refractivity contribution is 0.0688. The molecule has 0 N–H and O–H groups in total. The zero-order valence-corrected chi connectivity index (χ0v) is 17.3. The van der Waals surface area contributed by atoms with Gasteiger partial charge >= 0.3 is 0 Å². The lowest BCUT2D eigenvalue weighted by Gasteiger charge is -2.29. The fourth-order valence-electron chi connectivity index (χ4n) is 3.89. The monoisotopic (exact) mass is 409 g/mol. The first-order valence-corrected chi connectivity index (χ1v) is 10.9. The first kappa shape index (κ1) is 19.7. The molecule has 4 rings (SSSR count). The van der Waals surface area contributed by atoms with E-state index in [-0.39, 0.29) is 17.8 Å². The van der Waals surface area contributed by atoms with Gasteiger partial charge in [0.25, 0.3) is 5.91 Å². The van der Waals surface area contributed by atoms with Crippen molar-refractivity contribution in [3.63, 3.8) is 0 Å². The predicted octanol–water partition coefficient (Wildman–Crippen LogP) is 5.28. The third kappa shape index (κ3) is 4.53. The highest BCUT2D eigenvalue weighted by Crippen LogP contribution is 2.30. The van der Waals surface area contributed by atoms with Gasteiger partial charge in [0.2, 0.25) is 0 Å². The van der Waals surface area contributed by atoms with Crippen LogP contribution >= 0.6 is 11.3 Å². The first-order chi connectivity index (χ1) is 14.1. The highest BCUT2D eigenvalue weighted by Gasteiger charge is 2.29. The Morgan fingerprint density at radius 1 is 1.17 bits per heavy atom. The second kappa shape index (κ2) is 8.82. The first-order valence-electron chi connectivity index (χ1n) is 10.1. The van der Waals surface area contributed by atoms with Crippen molar-refractivity contribution in [1.82, 2.24) is 14.9 Å². The third-order valence-corrected chi connectivity index (χ3v) is 6.62. The molecule has 4 nitrogen and oxygen atoms in total. The molecule has 2 heterocycles. The topological polar surface area (TPSA) is 46.1 Å². The van der Waals surface area contributed by atoms with Gasteiger partial charge in [0.05, 0.1) is 11.4 Å². The van der Waals surface area contributed by atoms with Gasteiger partial charge in [0.1, 0.15) is 15.7 Å². The van der Waals surface area contributed by atoms with Crippen LogP contribution in [0, 0.1) is 12.7 Å². The number of rotatable bonds is 6.